The summed E-state index contributed by atoms with van der Waals surface area (Å²) in [6, 6.07) is 9.24. The Balaban J connectivity index is 2.61. The third kappa shape index (κ3) is 8.28. The maximum Gasteiger partial charge on any atom is 0.286 e. The van der Waals surface area contributed by atoms with Gasteiger partial charge in [-0.05, 0) is 36.2 Å². The molecule has 0 spiro atoms. The molecule has 24 heavy (non-hydrogen) atoms. The molecule has 6 nitrogen and oxygen atoms in total. The number of amides is 2. The summed E-state index contributed by atoms with van der Waals surface area (Å²) >= 11 is 5.08. The van der Waals surface area contributed by atoms with Gasteiger partial charge >= 0.3 is 0 Å². The number of hydrogen-bond acceptors (Lipinski definition) is 3. The zero-order valence-electron chi connectivity index (χ0n) is 14.2. The highest BCUT2D eigenvalue weighted by atomic mass is 32.1. The largest absolute Gasteiger partial charge is 0.361 e. The second-order valence-corrected chi connectivity index (χ2v) is 6.08. The van der Waals surface area contributed by atoms with Gasteiger partial charge in [-0.3, -0.25) is 20.4 Å². The molecule has 0 aromatic heterocycles. The Hall–Kier alpha value is -2.41. The highest BCUT2D eigenvalue weighted by molar-refractivity contribution is 7.80. The fourth-order valence-electron chi connectivity index (χ4n) is 1.76. The Morgan fingerprint density at radius 1 is 1.17 bits per heavy atom. The number of nitrogens with one attached hydrogen (secondary N) is 4. The SMILES string of the molecule is CC(=O)N/C(=C\c1ccccc1)C(=O)NNC(=S)NCCC(C)C. The van der Waals surface area contributed by atoms with Gasteiger partial charge in [0.25, 0.3) is 5.91 Å². The quantitative estimate of drug-likeness (QED) is 0.357. The molecular weight excluding hydrogens is 324 g/mol. The summed E-state index contributed by atoms with van der Waals surface area (Å²) in [6.07, 6.45) is 2.56. The van der Waals surface area contributed by atoms with Crippen LogP contribution in [0.1, 0.15) is 32.8 Å². The zero-order valence-corrected chi connectivity index (χ0v) is 15.0. The monoisotopic (exact) mass is 348 g/mol. The highest BCUT2D eigenvalue weighted by Gasteiger charge is 2.11. The summed E-state index contributed by atoms with van der Waals surface area (Å²) in [6.45, 7) is 6.30. The molecule has 130 valence electrons. The first-order valence-corrected chi connectivity index (χ1v) is 8.18. The molecule has 0 aliphatic rings. The van der Waals surface area contributed by atoms with Crippen LogP contribution < -0.4 is 21.5 Å². The molecular formula is C17H24N4O2S. The third-order valence-electron chi connectivity index (χ3n) is 2.96. The second-order valence-electron chi connectivity index (χ2n) is 5.67. The number of carbonyl (C=O) groups is 2. The van der Waals surface area contributed by atoms with Gasteiger partial charge < -0.3 is 10.6 Å². The molecule has 4 N–H and O–H groups in total. The van der Waals surface area contributed by atoms with Gasteiger partial charge in [0.05, 0.1) is 0 Å². The smallest absolute Gasteiger partial charge is 0.286 e. The topological polar surface area (TPSA) is 82.3 Å². The molecule has 0 saturated heterocycles. The van der Waals surface area contributed by atoms with Crippen molar-refractivity contribution in [2.24, 2.45) is 5.92 Å². The van der Waals surface area contributed by atoms with E-state index >= 15 is 0 Å². The van der Waals surface area contributed by atoms with Crippen LogP contribution in [-0.2, 0) is 9.59 Å². The minimum Gasteiger partial charge on any atom is -0.361 e. The lowest BCUT2D eigenvalue weighted by molar-refractivity contribution is -0.122. The minimum atomic E-state index is -0.484. The van der Waals surface area contributed by atoms with E-state index in [4.69, 9.17) is 12.2 Å². The number of thiocarbonyl (C=S) groups is 1. The van der Waals surface area contributed by atoms with Crippen LogP contribution in [0, 0.1) is 5.92 Å². The van der Waals surface area contributed by atoms with Gasteiger partial charge in [-0.2, -0.15) is 0 Å². The highest BCUT2D eigenvalue weighted by Crippen LogP contribution is 2.04. The van der Waals surface area contributed by atoms with E-state index in [0.717, 1.165) is 18.5 Å². The van der Waals surface area contributed by atoms with E-state index in [1.54, 1.807) is 6.08 Å². The van der Waals surface area contributed by atoms with Gasteiger partial charge in [-0.25, -0.2) is 0 Å². The standard InChI is InChI=1S/C17H24N4O2S/c1-12(2)9-10-18-17(24)21-20-16(23)15(19-13(3)22)11-14-7-5-4-6-8-14/h4-8,11-12H,9-10H2,1-3H3,(H,19,22)(H,20,23)(H2,18,21,24)/b15-11-. The van der Waals surface area contributed by atoms with Crippen LogP contribution in [0.3, 0.4) is 0 Å². The van der Waals surface area contributed by atoms with Crippen molar-refractivity contribution in [3.8, 4) is 0 Å². The molecule has 2 amide bonds. The first-order valence-electron chi connectivity index (χ1n) is 7.77. The summed E-state index contributed by atoms with van der Waals surface area (Å²) in [5.74, 6) is -0.248. The van der Waals surface area contributed by atoms with Crippen LogP contribution in [-0.4, -0.2) is 23.5 Å². The van der Waals surface area contributed by atoms with Crippen LogP contribution in [0.5, 0.6) is 0 Å². The predicted molar refractivity (Wildman–Crippen MR) is 99.6 cm³/mol. The normalized spacial score (nSPS) is 10.9. The van der Waals surface area contributed by atoms with Crippen molar-refractivity contribution in [2.45, 2.75) is 27.2 Å². The molecule has 0 bridgehead atoms. The van der Waals surface area contributed by atoms with Gasteiger partial charge in [0.15, 0.2) is 5.11 Å². The van der Waals surface area contributed by atoms with Crippen molar-refractivity contribution in [3.05, 3.63) is 41.6 Å². The van der Waals surface area contributed by atoms with Crippen molar-refractivity contribution < 1.29 is 9.59 Å². The van der Waals surface area contributed by atoms with E-state index < -0.39 is 5.91 Å². The first kappa shape index (κ1) is 19.6. The van der Waals surface area contributed by atoms with E-state index in [0.29, 0.717) is 11.0 Å². The molecule has 0 saturated carbocycles. The number of hydrazine groups is 1. The average Bonchev–Trinajstić information content (AvgIpc) is 2.52. The fraction of sp³-hybridized carbons (Fsp3) is 0.353. The van der Waals surface area contributed by atoms with Crippen LogP contribution in [0.25, 0.3) is 6.08 Å². The van der Waals surface area contributed by atoms with Crippen molar-refractivity contribution in [1.29, 1.82) is 0 Å². The van der Waals surface area contributed by atoms with Crippen LogP contribution in [0.15, 0.2) is 36.0 Å². The molecule has 1 rings (SSSR count). The molecule has 0 atom stereocenters. The predicted octanol–water partition coefficient (Wildman–Crippen LogP) is 1.70. The summed E-state index contributed by atoms with van der Waals surface area (Å²) in [4.78, 5) is 23.5. The summed E-state index contributed by atoms with van der Waals surface area (Å²) in [7, 11) is 0. The number of hydrogen-bond donors (Lipinski definition) is 4. The van der Waals surface area contributed by atoms with E-state index in [1.165, 1.54) is 6.92 Å². The molecule has 0 aliphatic heterocycles. The van der Waals surface area contributed by atoms with Gasteiger partial charge in [0.2, 0.25) is 5.91 Å². The molecule has 1 aromatic carbocycles. The minimum absolute atomic E-state index is 0.131. The zero-order chi connectivity index (χ0) is 17.9. The molecule has 1 aromatic rings. The van der Waals surface area contributed by atoms with Crippen molar-refractivity contribution in [1.82, 2.24) is 21.5 Å². The van der Waals surface area contributed by atoms with Crippen LogP contribution in [0.4, 0.5) is 0 Å². The fourth-order valence-corrected chi connectivity index (χ4v) is 1.92. The Morgan fingerprint density at radius 2 is 1.83 bits per heavy atom. The average molecular weight is 348 g/mol. The van der Waals surface area contributed by atoms with E-state index in [-0.39, 0.29) is 11.6 Å². The van der Waals surface area contributed by atoms with E-state index in [2.05, 4.69) is 35.3 Å². The molecule has 0 heterocycles. The molecule has 0 aliphatic carbocycles. The first-order chi connectivity index (χ1) is 11.4. The lowest BCUT2D eigenvalue weighted by Gasteiger charge is -2.14. The lowest BCUT2D eigenvalue weighted by atomic mass is 10.1. The Labute approximate surface area is 148 Å². The van der Waals surface area contributed by atoms with Crippen LogP contribution >= 0.6 is 12.2 Å². The maximum absolute atomic E-state index is 12.2. The van der Waals surface area contributed by atoms with E-state index in [9.17, 15) is 9.59 Å². The van der Waals surface area contributed by atoms with Gasteiger partial charge in [0.1, 0.15) is 5.70 Å². The van der Waals surface area contributed by atoms with E-state index in [1.807, 2.05) is 30.3 Å². The number of benzene rings is 1. The third-order valence-corrected chi connectivity index (χ3v) is 3.21. The molecule has 0 unspecified atom stereocenters. The molecule has 7 heteroatoms. The molecule has 0 radical (unpaired) electrons. The second kappa shape index (κ2) is 10.4. The lowest BCUT2D eigenvalue weighted by Crippen LogP contribution is -2.49. The Bertz CT molecular complexity index is 600. The van der Waals surface area contributed by atoms with Crippen molar-refractivity contribution in [2.75, 3.05) is 6.54 Å². The van der Waals surface area contributed by atoms with Crippen molar-refractivity contribution >= 4 is 35.2 Å². The maximum atomic E-state index is 12.2. The summed E-state index contributed by atoms with van der Waals surface area (Å²) in [5, 5.41) is 5.84. The number of rotatable bonds is 6. The van der Waals surface area contributed by atoms with Crippen molar-refractivity contribution in [3.63, 3.8) is 0 Å². The Morgan fingerprint density at radius 3 is 2.42 bits per heavy atom. The van der Waals surface area contributed by atoms with Gasteiger partial charge in [-0.15, -0.1) is 0 Å². The van der Waals surface area contributed by atoms with Gasteiger partial charge in [-0.1, -0.05) is 44.2 Å². The summed E-state index contributed by atoms with van der Waals surface area (Å²) in [5.41, 5.74) is 6.03. The van der Waals surface area contributed by atoms with Crippen LogP contribution in [0.2, 0.25) is 0 Å². The van der Waals surface area contributed by atoms with Gasteiger partial charge in [0, 0.05) is 13.5 Å². The number of carbonyl (C=O) groups excluding carboxylic acids is 2. The molecule has 0 fully saturated rings. The Kier molecular flexibility index (Phi) is 8.49. The summed E-state index contributed by atoms with van der Waals surface area (Å²) < 4.78 is 0.